The molecule has 0 fully saturated rings. The SMILES string of the molecule is CNC(=O)c1nnc2cc1Nc1cc(cc(-c3ncn(C)n3)c1OC)COCc1cccc(n1)N2. The molecule has 1 amide bonds. The van der Waals surface area contributed by atoms with Crippen LogP contribution < -0.4 is 20.7 Å². The van der Waals surface area contributed by atoms with Crippen LogP contribution in [-0.2, 0) is 25.0 Å². The molecule has 4 heterocycles. The van der Waals surface area contributed by atoms with Crippen molar-refractivity contribution in [1.82, 2.24) is 35.3 Å². The number of anilines is 4. The summed E-state index contributed by atoms with van der Waals surface area (Å²) < 4.78 is 13.3. The molecule has 178 valence electrons. The predicted octanol–water partition coefficient (Wildman–Crippen LogP) is 2.55. The van der Waals surface area contributed by atoms with Crippen LogP contribution in [0.2, 0.25) is 0 Å². The van der Waals surface area contributed by atoms with E-state index < -0.39 is 5.91 Å². The zero-order valence-electron chi connectivity index (χ0n) is 19.4. The third-order valence-corrected chi connectivity index (χ3v) is 5.28. The molecule has 3 N–H and O–H groups in total. The largest absolute Gasteiger partial charge is 0.494 e. The molecule has 1 aliphatic heterocycles. The Morgan fingerprint density at radius 1 is 1.11 bits per heavy atom. The molecule has 4 aromatic rings. The van der Waals surface area contributed by atoms with Crippen LogP contribution in [0, 0.1) is 0 Å². The molecule has 0 atom stereocenters. The summed E-state index contributed by atoms with van der Waals surface area (Å²) in [5, 5.41) is 21.8. The van der Waals surface area contributed by atoms with Gasteiger partial charge in [0.1, 0.15) is 12.1 Å². The summed E-state index contributed by atoms with van der Waals surface area (Å²) >= 11 is 0. The fourth-order valence-electron chi connectivity index (χ4n) is 3.73. The van der Waals surface area contributed by atoms with Crippen LogP contribution in [0.3, 0.4) is 0 Å². The van der Waals surface area contributed by atoms with Gasteiger partial charge in [-0.25, -0.2) is 9.97 Å². The zero-order valence-corrected chi connectivity index (χ0v) is 19.4. The summed E-state index contributed by atoms with van der Waals surface area (Å²) in [5.41, 5.74) is 3.41. The first-order valence-corrected chi connectivity index (χ1v) is 10.8. The minimum Gasteiger partial charge on any atom is -0.494 e. The maximum atomic E-state index is 12.6. The van der Waals surface area contributed by atoms with Crippen LogP contribution in [0.4, 0.5) is 23.0 Å². The minimum atomic E-state index is -0.391. The molecule has 6 bridgehead atoms. The Morgan fingerprint density at radius 3 is 2.77 bits per heavy atom. The van der Waals surface area contributed by atoms with E-state index in [1.165, 1.54) is 7.05 Å². The van der Waals surface area contributed by atoms with Gasteiger partial charge in [-0.05, 0) is 29.8 Å². The fourth-order valence-corrected chi connectivity index (χ4v) is 3.73. The Kier molecular flexibility index (Phi) is 5.94. The van der Waals surface area contributed by atoms with E-state index >= 15 is 0 Å². The van der Waals surface area contributed by atoms with Crippen molar-refractivity contribution in [2.24, 2.45) is 7.05 Å². The summed E-state index contributed by atoms with van der Waals surface area (Å²) in [4.78, 5) is 21.5. The fraction of sp³-hybridized carbons (Fsp3) is 0.217. The first-order chi connectivity index (χ1) is 17.0. The molecule has 5 rings (SSSR count). The molecule has 1 aliphatic rings. The smallest absolute Gasteiger partial charge is 0.273 e. The van der Waals surface area contributed by atoms with E-state index in [0.29, 0.717) is 53.4 Å². The van der Waals surface area contributed by atoms with E-state index in [1.54, 1.807) is 31.2 Å². The molecule has 35 heavy (non-hydrogen) atoms. The van der Waals surface area contributed by atoms with E-state index in [0.717, 1.165) is 11.3 Å². The highest BCUT2D eigenvalue weighted by Gasteiger charge is 2.21. The van der Waals surface area contributed by atoms with Crippen LogP contribution in [0.15, 0.2) is 42.7 Å². The monoisotopic (exact) mass is 473 g/mol. The second-order valence-corrected chi connectivity index (χ2v) is 7.79. The van der Waals surface area contributed by atoms with Gasteiger partial charge in [0.2, 0.25) is 0 Å². The lowest BCUT2D eigenvalue weighted by molar-refractivity contribution is 0.0958. The van der Waals surface area contributed by atoms with Crippen LogP contribution >= 0.6 is 0 Å². The first kappa shape index (κ1) is 22.2. The van der Waals surface area contributed by atoms with E-state index in [4.69, 9.17) is 9.47 Å². The standard InChI is InChI=1S/C23H23N9O3/c1-24-23(33)20-16-9-19(29-30-20)28-18-6-4-5-14(26-18)11-35-10-13-7-15(22-25-12-32(2)31-22)21(34-3)17(8-13)27-16/h4-9,12,27H,10-11H2,1-3H3,(H,24,33)(H,26,28,29). The lowest BCUT2D eigenvalue weighted by atomic mass is 10.1. The Hall–Kier alpha value is -4.58. The number of hydrogen-bond acceptors (Lipinski definition) is 10. The lowest BCUT2D eigenvalue weighted by Gasteiger charge is -2.18. The number of amides is 1. The van der Waals surface area contributed by atoms with Crippen molar-refractivity contribution in [1.29, 1.82) is 0 Å². The van der Waals surface area contributed by atoms with E-state index in [1.807, 2.05) is 30.3 Å². The number of nitrogens with one attached hydrogen (secondary N) is 3. The number of methoxy groups -OCH3 is 1. The summed E-state index contributed by atoms with van der Waals surface area (Å²) in [6.07, 6.45) is 1.62. The molecule has 0 saturated carbocycles. The van der Waals surface area contributed by atoms with Gasteiger partial charge in [-0.2, -0.15) is 5.10 Å². The van der Waals surface area contributed by atoms with Gasteiger partial charge in [-0.3, -0.25) is 9.48 Å². The number of hydrogen-bond donors (Lipinski definition) is 3. The number of rotatable bonds is 3. The number of fused-ring (bicyclic) bond motifs is 6. The third kappa shape index (κ3) is 4.59. The molecule has 0 radical (unpaired) electrons. The van der Waals surface area contributed by atoms with Crippen LogP contribution in [0.1, 0.15) is 21.7 Å². The van der Waals surface area contributed by atoms with Gasteiger partial charge >= 0.3 is 0 Å². The third-order valence-electron chi connectivity index (χ3n) is 5.28. The lowest BCUT2D eigenvalue weighted by Crippen LogP contribution is -2.21. The first-order valence-electron chi connectivity index (χ1n) is 10.8. The number of pyridine rings is 1. The van der Waals surface area contributed by atoms with Gasteiger partial charge < -0.3 is 25.4 Å². The molecule has 3 aromatic heterocycles. The van der Waals surface area contributed by atoms with Gasteiger partial charge in [-0.15, -0.1) is 10.2 Å². The van der Waals surface area contributed by atoms with Gasteiger partial charge in [-0.1, -0.05) is 6.07 Å². The van der Waals surface area contributed by atoms with Crippen LogP contribution in [-0.4, -0.2) is 50.0 Å². The molecule has 0 saturated heterocycles. The number of aromatic nitrogens is 6. The predicted molar refractivity (Wildman–Crippen MR) is 128 cm³/mol. The summed E-state index contributed by atoms with van der Waals surface area (Å²) in [6.45, 7) is 0.619. The molecule has 0 aliphatic carbocycles. The van der Waals surface area contributed by atoms with Crippen molar-refractivity contribution in [3.05, 3.63) is 59.7 Å². The number of aryl methyl sites for hydroxylation is 1. The van der Waals surface area contributed by atoms with Gasteiger partial charge in [0.25, 0.3) is 5.91 Å². The summed E-state index contributed by atoms with van der Waals surface area (Å²) in [7, 11) is 4.89. The van der Waals surface area contributed by atoms with Crippen molar-refractivity contribution >= 4 is 28.9 Å². The van der Waals surface area contributed by atoms with Gasteiger partial charge in [0.05, 0.1) is 43.0 Å². The van der Waals surface area contributed by atoms with Gasteiger partial charge in [0.15, 0.2) is 23.1 Å². The number of carbonyl (C=O) groups is 1. The molecular weight excluding hydrogens is 450 g/mol. The van der Waals surface area contributed by atoms with Crippen molar-refractivity contribution in [3.63, 3.8) is 0 Å². The topological polar surface area (TPSA) is 141 Å². The van der Waals surface area contributed by atoms with E-state index in [2.05, 4.69) is 41.2 Å². The Labute approximate surface area is 200 Å². The highest BCUT2D eigenvalue weighted by Crippen LogP contribution is 2.39. The minimum absolute atomic E-state index is 0.119. The Bertz CT molecular complexity index is 1400. The summed E-state index contributed by atoms with van der Waals surface area (Å²) in [5.74, 6) is 1.60. The maximum Gasteiger partial charge on any atom is 0.273 e. The zero-order chi connectivity index (χ0) is 24.4. The van der Waals surface area contributed by atoms with Crippen LogP contribution in [0.25, 0.3) is 11.4 Å². The van der Waals surface area contributed by atoms with Crippen molar-refractivity contribution in [3.8, 4) is 17.1 Å². The number of ether oxygens (including phenoxy) is 2. The van der Waals surface area contributed by atoms with Crippen LogP contribution in [0.5, 0.6) is 5.75 Å². The number of carbonyl (C=O) groups excluding carboxylic acids is 1. The highest BCUT2D eigenvalue weighted by atomic mass is 16.5. The average molecular weight is 473 g/mol. The normalized spacial score (nSPS) is 12.7. The Balaban J connectivity index is 1.69. The number of benzene rings is 1. The Morgan fingerprint density at radius 2 is 2.00 bits per heavy atom. The maximum absolute atomic E-state index is 12.6. The number of nitrogens with zero attached hydrogens (tertiary/aromatic N) is 6. The molecule has 12 heteroatoms. The van der Waals surface area contributed by atoms with Gasteiger partial charge in [0, 0.05) is 20.2 Å². The highest BCUT2D eigenvalue weighted by molar-refractivity contribution is 5.99. The molecule has 0 unspecified atom stereocenters. The summed E-state index contributed by atoms with van der Waals surface area (Å²) in [6, 6.07) is 11.1. The molecule has 0 spiro atoms. The molecular formula is C23H23N9O3. The van der Waals surface area contributed by atoms with Crippen molar-refractivity contribution < 1.29 is 14.3 Å². The second kappa shape index (κ2) is 9.35. The van der Waals surface area contributed by atoms with E-state index in [9.17, 15) is 4.79 Å². The quantitative estimate of drug-likeness (QED) is 0.406. The van der Waals surface area contributed by atoms with Crippen molar-refractivity contribution in [2.75, 3.05) is 24.8 Å². The van der Waals surface area contributed by atoms with E-state index in [-0.39, 0.29) is 5.69 Å². The molecule has 1 aromatic carbocycles. The average Bonchev–Trinajstić information content (AvgIpc) is 3.29. The molecule has 12 nitrogen and oxygen atoms in total. The second-order valence-electron chi connectivity index (χ2n) is 7.79. The van der Waals surface area contributed by atoms with Crippen molar-refractivity contribution in [2.45, 2.75) is 13.2 Å².